The van der Waals surface area contributed by atoms with Gasteiger partial charge in [0, 0.05) is 25.3 Å². The van der Waals surface area contributed by atoms with Gasteiger partial charge in [-0.05, 0) is 119 Å². The highest BCUT2D eigenvalue weighted by Gasteiger charge is 2.28. The first-order chi connectivity index (χ1) is 25.0. The van der Waals surface area contributed by atoms with Crippen LogP contribution in [0.4, 0.5) is 27.5 Å². The van der Waals surface area contributed by atoms with E-state index in [1.54, 1.807) is 17.9 Å². The quantitative estimate of drug-likeness (QED) is 0.0748. The SMILES string of the molecule is CCCCCc1ccc(OC(CC)C(=O)Nc2cc(N(C(=O)NCCCC)c3ccc(N(CC)CC)cc3C)c(C)c(Cl)c2O)c(CCCCC)c1. The maximum atomic E-state index is 14.0. The molecule has 9 heteroatoms. The van der Waals surface area contributed by atoms with Crippen LogP contribution >= 0.6 is 11.6 Å². The maximum Gasteiger partial charge on any atom is 0.326 e. The first-order valence-electron chi connectivity index (χ1n) is 19.6. The molecule has 0 aliphatic carbocycles. The van der Waals surface area contributed by atoms with E-state index in [0.717, 1.165) is 81.3 Å². The van der Waals surface area contributed by atoms with Crippen molar-refractivity contribution in [3.05, 3.63) is 69.7 Å². The van der Waals surface area contributed by atoms with Crippen LogP contribution in [0.2, 0.25) is 5.02 Å². The number of nitrogens with one attached hydrogen (secondary N) is 2. The highest BCUT2D eigenvalue weighted by Crippen LogP contribution is 2.43. The lowest BCUT2D eigenvalue weighted by atomic mass is 10.00. The van der Waals surface area contributed by atoms with Gasteiger partial charge >= 0.3 is 6.03 Å². The average Bonchev–Trinajstić information content (AvgIpc) is 3.13. The number of ether oxygens (including phenoxy) is 1. The summed E-state index contributed by atoms with van der Waals surface area (Å²) >= 11 is 6.77. The van der Waals surface area contributed by atoms with Gasteiger partial charge in [-0.25, -0.2) is 4.79 Å². The number of carbonyl (C=O) groups is 2. The molecule has 0 aliphatic rings. The molecule has 52 heavy (non-hydrogen) atoms. The number of aromatic hydroxyl groups is 1. The number of aryl methyl sites for hydroxylation is 3. The Labute approximate surface area is 318 Å². The van der Waals surface area contributed by atoms with Crippen LogP contribution in [0.5, 0.6) is 11.5 Å². The van der Waals surface area contributed by atoms with Gasteiger partial charge in [0.15, 0.2) is 11.9 Å². The molecule has 0 bridgehead atoms. The maximum absolute atomic E-state index is 14.0. The first kappa shape index (κ1) is 42.5. The third-order valence-electron chi connectivity index (χ3n) is 9.69. The predicted molar refractivity (Wildman–Crippen MR) is 219 cm³/mol. The number of anilines is 4. The van der Waals surface area contributed by atoms with Crippen LogP contribution in [0.3, 0.4) is 0 Å². The van der Waals surface area contributed by atoms with E-state index in [1.807, 2.05) is 32.0 Å². The molecule has 1 unspecified atom stereocenters. The normalized spacial score (nSPS) is 11.6. The van der Waals surface area contributed by atoms with Crippen LogP contribution in [0.1, 0.15) is 122 Å². The van der Waals surface area contributed by atoms with Crippen molar-refractivity contribution >= 4 is 46.3 Å². The Hall–Kier alpha value is -3.91. The molecule has 0 radical (unpaired) electrons. The second kappa shape index (κ2) is 21.6. The number of rotatable bonds is 21. The molecule has 1 atom stereocenters. The zero-order chi connectivity index (χ0) is 38.2. The molecule has 0 saturated heterocycles. The van der Waals surface area contributed by atoms with E-state index in [4.69, 9.17) is 16.3 Å². The number of urea groups is 1. The standard InChI is InChI=1S/C43H63ClN4O4/c1-9-15-18-20-32-22-25-39(33(28-32)21-19-16-10-2)52-38(12-4)42(50)46-35-29-37(31(8)40(44)41(35)49)48(43(51)45-26-17-11-3)36-24-23-34(27-30(36)7)47(13-5)14-6/h22-25,27-29,38,49H,9-21,26H2,1-8H3,(H,45,51)(H,46,50). The predicted octanol–water partition coefficient (Wildman–Crippen LogP) is 11.4. The molecular formula is C43H63ClN4O4. The van der Waals surface area contributed by atoms with Crippen molar-refractivity contribution in [3.63, 3.8) is 0 Å². The highest BCUT2D eigenvalue weighted by atomic mass is 35.5. The Morgan fingerprint density at radius 2 is 1.50 bits per heavy atom. The van der Waals surface area contributed by atoms with Crippen molar-refractivity contribution in [2.24, 2.45) is 0 Å². The van der Waals surface area contributed by atoms with Crippen molar-refractivity contribution in [1.29, 1.82) is 0 Å². The molecule has 8 nitrogen and oxygen atoms in total. The van der Waals surface area contributed by atoms with Crippen LogP contribution in [-0.4, -0.2) is 42.8 Å². The number of nitrogens with zero attached hydrogens (tertiary/aromatic N) is 2. The Morgan fingerprint density at radius 3 is 2.12 bits per heavy atom. The number of amides is 3. The van der Waals surface area contributed by atoms with Crippen molar-refractivity contribution in [2.75, 3.05) is 34.8 Å². The van der Waals surface area contributed by atoms with Crippen LogP contribution in [-0.2, 0) is 17.6 Å². The Bertz CT molecular complexity index is 1610. The molecule has 0 heterocycles. The summed E-state index contributed by atoms with van der Waals surface area (Å²) in [5, 5.41) is 17.2. The van der Waals surface area contributed by atoms with E-state index in [0.29, 0.717) is 35.7 Å². The van der Waals surface area contributed by atoms with Gasteiger partial charge in [0.1, 0.15) is 5.75 Å². The van der Waals surface area contributed by atoms with Crippen LogP contribution in [0.25, 0.3) is 0 Å². The number of benzene rings is 3. The lowest BCUT2D eigenvalue weighted by Gasteiger charge is -2.29. The number of halogens is 1. The lowest BCUT2D eigenvalue weighted by molar-refractivity contribution is -0.122. The van der Waals surface area contributed by atoms with E-state index < -0.39 is 12.0 Å². The number of phenolic OH excluding ortho intramolecular Hbond substituents is 1. The zero-order valence-corrected chi connectivity index (χ0v) is 33.7. The Kier molecular flexibility index (Phi) is 17.6. The van der Waals surface area contributed by atoms with Gasteiger partial charge in [-0.3, -0.25) is 9.69 Å². The summed E-state index contributed by atoms with van der Waals surface area (Å²) in [6, 6.07) is 13.7. The second-order valence-electron chi connectivity index (χ2n) is 13.7. The fourth-order valence-electron chi connectivity index (χ4n) is 6.46. The van der Waals surface area contributed by atoms with E-state index in [1.165, 1.54) is 18.4 Å². The summed E-state index contributed by atoms with van der Waals surface area (Å²) in [4.78, 5) is 31.7. The smallest absolute Gasteiger partial charge is 0.326 e. The van der Waals surface area contributed by atoms with Crippen LogP contribution < -0.4 is 25.2 Å². The molecule has 0 fully saturated rings. The molecular weight excluding hydrogens is 672 g/mol. The lowest BCUT2D eigenvalue weighted by Crippen LogP contribution is -2.38. The summed E-state index contributed by atoms with van der Waals surface area (Å²) in [7, 11) is 0. The molecule has 0 aromatic heterocycles. The van der Waals surface area contributed by atoms with Crippen LogP contribution in [0.15, 0.2) is 42.5 Å². The fraction of sp³-hybridized carbons (Fsp3) is 0.535. The first-order valence-corrected chi connectivity index (χ1v) is 20.0. The van der Waals surface area contributed by atoms with Gasteiger partial charge in [0.2, 0.25) is 0 Å². The van der Waals surface area contributed by atoms with Gasteiger partial charge in [-0.15, -0.1) is 0 Å². The van der Waals surface area contributed by atoms with E-state index in [9.17, 15) is 14.7 Å². The molecule has 0 aliphatic heterocycles. The van der Waals surface area contributed by atoms with Crippen molar-refractivity contribution < 1.29 is 19.4 Å². The van der Waals surface area contributed by atoms with Crippen molar-refractivity contribution in [1.82, 2.24) is 5.32 Å². The number of unbranched alkanes of at least 4 members (excludes halogenated alkanes) is 5. The minimum atomic E-state index is -0.817. The molecule has 3 amide bonds. The summed E-state index contributed by atoms with van der Waals surface area (Å²) in [6.45, 7) is 18.6. The number of hydrogen-bond acceptors (Lipinski definition) is 5. The number of phenols is 1. The van der Waals surface area contributed by atoms with Gasteiger partial charge in [0.05, 0.1) is 22.1 Å². The average molecular weight is 735 g/mol. The van der Waals surface area contributed by atoms with Gasteiger partial charge in [-0.1, -0.05) is 83.5 Å². The second-order valence-corrected chi connectivity index (χ2v) is 14.0. The molecule has 3 N–H and O–H groups in total. The number of hydrogen-bond donors (Lipinski definition) is 3. The third-order valence-corrected chi connectivity index (χ3v) is 10.2. The minimum Gasteiger partial charge on any atom is -0.504 e. The molecule has 0 saturated carbocycles. The summed E-state index contributed by atoms with van der Waals surface area (Å²) < 4.78 is 6.43. The molecule has 3 rings (SSSR count). The van der Waals surface area contributed by atoms with Crippen molar-refractivity contribution in [3.8, 4) is 11.5 Å². The highest BCUT2D eigenvalue weighted by molar-refractivity contribution is 6.34. The van der Waals surface area contributed by atoms with E-state index in [-0.39, 0.29) is 22.5 Å². The van der Waals surface area contributed by atoms with Crippen molar-refractivity contribution in [2.45, 2.75) is 132 Å². The summed E-state index contributed by atoms with van der Waals surface area (Å²) in [5.41, 5.74) is 6.12. The molecule has 286 valence electrons. The Balaban J connectivity index is 2.00. The molecule has 0 spiro atoms. The largest absolute Gasteiger partial charge is 0.504 e. The molecule has 3 aromatic rings. The topological polar surface area (TPSA) is 94.1 Å². The Morgan fingerprint density at radius 1 is 0.827 bits per heavy atom. The van der Waals surface area contributed by atoms with E-state index >= 15 is 0 Å². The molecule has 3 aromatic carbocycles. The zero-order valence-electron chi connectivity index (χ0n) is 33.0. The summed E-state index contributed by atoms with van der Waals surface area (Å²) in [5.74, 6) is 0.0411. The third kappa shape index (κ3) is 11.3. The monoisotopic (exact) mass is 734 g/mol. The van der Waals surface area contributed by atoms with E-state index in [2.05, 4.69) is 68.4 Å². The van der Waals surface area contributed by atoms with Gasteiger partial charge in [0.25, 0.3) is 5.91 Å². The van der Waals surface area contributed by atoms with Crippen LogP contribution in [0, 0.1) is 13.8 Å². The number of carbonyl (C=O) groups excluding carboxylic acids is 2. The fourth-order valence-corrected chi connectivity index (χ4v) is 6.66. The van der Waals surface area contributed by atoms with Gasteiger partial charge < -0.3 is 25.4 Å². The van der Waals surface area contributed by atoms with Gasteiger partial charge in [-0.2, -0.15) is 0 Å². The minimum absolute atomic E-state index is 0.0578. The summed E-state index contributed by atoms with van der Waals surface area (Å²) in [6.07, 6.45) is 10.1.